The third-order valence-electron chi connectivity index (χ3n) is 6.28. The highest BCUT2D eigenvalue weighted by Gasteiger charge is 2.27. The molecule has 8 nitrogen and oxygen atoms in total. The van der Waals surface area contributed by atoms with E-state index in [1.807, 2.05) is 6.20 Å². The van der Waals surface area contributed by atoms with E-state index in [0.29, 0.717) is 36.1 Å². The van der Waals surface area contributed by atoms with E-state index >= 15 is 0 Å². The van der Waals surface area contributed by atoms with Gasteiger partial charge in [0.05, 0.1) is 31.3 Å². The Balaban J connectivity index is 1.31. The predicted molar refractivity (Wildman–Crippen MR) is 121 cm³/mol. The molecule has 4 rings (SSSR count). The first kappa shape index (κ1) is 22.4. The number of piperidine rings is 1. The maximum atomic E-state index is 13.3. The second-order valence-electron chi connectivity index (χ2n) is 8.31. The van der Waals surface area contributed by atoms with Gasteiger partial charge in [-0.1, -0.05) is 0 Å². The van der Waals surface area contributed by atoms with E-state index in [4.69, 9.17) is 14.2 Å². The van der Waals surface area contributed by atoms with Gasteiger partial charge in [-0.05, 0) is 63.5 Å². The molecule has 0 aliphatic carbocycles. The molecule has 0 bridgehead atoms. The molecule has 0 radical (unpaired) electrons. The molecule has 1 amide bonds. The van der Waals surface area contributed by atoms with Crippen LogP contribution in [0.3, 0.4) is 0 Å². The number of methoxy groups -OCH3 is 2. The summed E-state index contributed by atoms with van der Waals surface area (Å²) in [7, 11) is 3.21. The van der Waals surface area contributed by atoms with Crippen LogP contribution in [0, 0.1) is 0 Å². The van der Waals surface area contributed by atoms with E-state index in [1.165, 1.54) is 5.69 Å². The van der Waals surface area contributed by atoms with Gasteiger partial charge in [0.25, 0.3) is 5.91 Å². The number of H-pyrrole nitrogens is 1. The van der Waals surface area contributed by atoms with Gasteiger partial charge in [-0.15, -0.1) is 0 Å². The molecule has 1 saturated heterocycles. The fraction of sp³-hybridized carbons (Fsp3) is 0.500. The number of carbonyl (C=O) groups is 1. The molecular formula is C24H32N4O4. The van der Waals surface area contributed by atoms with Crippen molar-refractivity contribution in [3.63, 3.8) is 0 Å². The summed E-state index contributed by atoms with van der Waals surface area (Å²) < 4.78 is 16.4. The van der Waals surface area contributed by atoms with Crippen LogP contribution in [-0.4, -0.2) is 72.7 Å². The smallest absolute Gasteiger partial charge is 0.262 e. The molecule has 0 atom stereocenters. The number of rotatable bonds is 9. The standard InChI is InChI=1S/C24H32N4O4/c1-30-15-19-16-32-23-6-5-20(31-2)13-21(23)24(29)28(19)10-4-3-9-27-11-7-18(8-12-27)22-14-25-17-26-22/h5-6,13-14,16-18H,3-4,7-12,15H2,1-2H3,(H,25,26). The van der Waals surface area contributed by atoms with Crippen molar-refractivity contribution in [2.75, 3.05) is 47.0 Å². The minimum atomic E-state index is -0.0833. The Morgan fingerprint density at radius 1 is 1.19 bits per heavy atom. The fourth-order valence-electron chi connectivity index (χ4n) is 4.44. The molecule has 1 N–H and O–H groups in total. The van der Waals surface area contributed by atoms with Crippen LogP contribution < -0.4 is 9.47 Å². The summed E-state index contributed by atoms with van der Waals surface area (Å²) in [4.78, 5) is 25.0. The number of hydrogen-bond acceptors (Lipinski definition) is 6. The summed E-state index contributed by atoms with van der Waals surface area (Å²) >= 11 is 0. The Hall–Kier alpha value is -2.84. The zero-order valence-electron chi connectivity index (χ0n) is 18.9. The van der Waals surface area contributed by atoms with E-state index in [2.05, 4.69) is 14.9 Å². The number of nitrogens with one attached hydrogen (secondary N) is 1. The van der Waals surface area contributed by atoms with E-state index < -0.39 is 0 Å². The van der Waals surface area contributed by atoms with E-state index in [-0.39, 0.29) is 5.91 Å². The third-order valence-corrected chi connectivity index (χ3v) is 6.28. The van der Waals surface area contributed by atoms with Gasteiger partial charge in [0.1, 0.15) is 17.8 Å². The lowest BCUT2D eigenvalue weighted by atomic mass is 9.94. The Morgan fingerprint density at radius 3 is 2.72 bits per heavy atom. The molecule has 0 unspecified atom stereocenters. The number of unbranched alkanes of at least 4 members (excludes halogenated alkanes) is 1. The van der Waals surface area contributed by atoms with Crippen molar-refractivity contribution in [3.8, 4) is 11.5 Å². The highest BCUT2D eigenvalue weighted by Crippen LogP contribution is 2.30. The van der Waals surface area contributed by atoms with Crippen molar-refractivity contribution in [2.24, 2.45) is 0 Å². The molecule has 1 aromatic heterocycles. The zero-order valence-corrected chi connectivity index (χ0v) is 18.9. The largest absolute Gasteiger partial charge is 0.497 e. The topological polar surface area (TPSA) is 79.9 Å². The van der Waals surface area contributed by atoms with Crippen molar-refractivity contribution >= 4 is 5.91 Å². The van der Waals surface area contributed by atoms with Gasteiger partial charge in [-0.2, -0.15) is 0 Å². The minimum Gasteiger partial charge on any atom is -0.497 e. The lowest BCUT2D eigenvalue weighted by molar-refractivity contribution is 0.0770. The molecule has 2 aliphatic heterocycles. The van der Waals surface area contributed by atoms with Crippen LogP contribution in [0.25, 0.3) is 0 Å². The summed E-state index contributed by atoms with van der Waals surface area (Å²) in [6, 6.07) is 5.29. The van der Waals surface area contributed by atoms with Gasteiger partial charge >= 0.3 is 0 Å². The van der Waals surface area contributed by atoms with Crippen molar-refractivity contribution < 1.29 is 19.0 Å². The number of likely N-dealkylation sites (tertiary alicyclic amines) is 1. The molecule has 172 valence electrons. The summed E-state index contributed by atoms with van der Waals surface area (Å²) in [5.74, 6) is 1.67. The first-order valence-corrected chi connectivity index (χ1v) is 11.2. The number of imidazole rings is 1. The molecule has 2 aromatic rings. The van der Waals surface area contributed by atoms with E-state index in [9.17, 15) is 4.79 Å². The summed E-state index contributed by atoms with van der Waals surface area (Å²) in [5.41, 5.74) is 2.49. The molecule has 1 fully saturated rings. The first-order chi connectivity index (χ1) is 15.7. The second kappa shape index (κ2) is 10.7. The van der Waals surface area contributed by atoms with Crippen molar-refractivity contribution in [3.05, 3.63) is 53.9 Å². The van der Waals surface area contributed by atoms with Gasteiger partial charge in [0, 0.05) is 31.5 Å². The maximum absolute atomic E-state index is 13.3. The van der Waals surface area contributed by atoms with Crippen LogP contribution in [0.1, 0.15) is 47.7 Å². The molecular weight excluding hydrogens is 408 g/mol. The quantitative estimate of drug-likeness (QED) is 0.602. The van der Waals surface area contributed by atoms with Gasteiger partial charge in [-0.3, -0.25) is 4.79 Å². The maximum Gasteiger partial charge on any atom is 0.262 e. The average molecular weight is 441 g/mol. The monoisotopic (exact) mass is 440 g/mol. The molecule has 0 saturated carbocycles. The van der Waals surface area contributed by atoms with E-state index in [0.717, 1.165) is 51.0 Å². The highest BCUT2D eigenvalue weighted by atomic mass is 16.5. The Morgan fingerprint density at radius 2 is 2.00 bits per heavy atom. The number of nitrogens with zero attached hydrogens (tertiary/aromatic N) is 3. The molecule has 3 heterocycles. The van der Waals surface area contributed by atoms with Crippen LogP contribution in [0.2, 0.25) is 0 Å². The summed E-state index contributed by atoms with van der Waals surface area (Å²) in [6.07, 6.45) is 9.59. The molecule has 8 heteroatoms. The third kappa shape index (κ3) is 5.14. The van der Waals surface area contributed by atoms with Crippen molar-refractivity contribution in [2.45, 2.75) is 31.6 Å². The number of carbonyl (C=O) groups excluding carboxylic acids is 1. The Kier molecular flexibility index (Phi) is 7.44. The SMILES string of the molecule is COCC1=COc2ccc(OC)cc2C(=O)N1CCCCN1CCC(c2cnc[nH]2)CC1. The molecule has 2 aliphatic rings. The van der Waals surface area contributed by atoms with Crippen molar-refractivity contribution in [1.82, 2.24) is 19.8 Å². The number of aromatic nitrogens is 2. The van der Waals surface area contributed by atoms with Crippen LogP contribution in [-0.2, 0) is 4.74 Å². The summed E-state index contributed by atoms with van der Waals surface area (Å²) in [6.45, 7) is 4.18. The number of aromatic amines is 1. The van der Waals surface area contributed by atoms with Crippen LogP contribution in [0.15, 0.2) is 42.7 Å². The van der Waals surface area contributed by atoms with Crippen molar-refractivity contribution in [1.29, 1.82) is 0 Å². The van der Waals surface area contributed by atoms with Gasteiger partial charge < -0.3 is 29.0 Å². The lowest BCUT2D eigenvalue weighted by Crippen LogP contribution is -2.35. The number of ether oxygens (including phenoxy) is 3. The van der Waals surface area contributed by atoms with Crippen LogP contribution in [0.4, 0.5) is 0 Å². The Labute approximate surface area is 189 Å². The number of amides is 1. The molecule has 1 aromatic carbocycles. The van der Waals surface area contributed by atoms with Crippen LogP contribution in [0.5, 0.6) is 11.5 Å². The average Bonchev–Trinajstić information content (AvgIpc) is 3.33. The van der Waals surface area contributed by atoms with E-state index in [1.54, 1.807) is 49.9 Å². The zero-order chi connectivity index (χ0) is 22.3. The normalized spacial score (nSPS) is 17.5. The van der Waals surface area contributed by atoms with Gasteiger partial charge in [0.2, 0.25) is 0 Å². The lowest BCUT2D eigenvalue weighted by Gasteiger charge is -2.31. The molecule has 0 spiro atoms. The second-order valence-corrected chi connectivity index (χ2v) is 8.31. The van der Waals surface area contributed by atoms with Gasteiger partial charge in [-0.25, -0.2) is 4.98 Å². The Bertz CT molecular complexity index is 920. The first-order valence-electron chi connectivity index (χ1n) is 11.2. The molecule has 32 heavy (non-hydrogen) atoms. The van der Waals surface area contributed by atoms with Crippen LogP contribution >= 0.6 is 0 Å². The summed E-state index contributed by atoms with van der Waals surface area (Å²) in [5, 5.41) is 0. The number of hydrogen-bond donors (Lipinski definition) is 1. The predicted octanol–water partition coefficient (Wildman–Crippen LogP) is 3.40. The highest BCUT2D eigenvalue weighted by molar-refractivity contribution is 5.98. The minimum absolute atomic E-state index is 0.0833. The van der Waals surface area contributed by atoms with Gasteiger partial charge in [0.15, 0.2) is 0 Å². The number of fused-ring (bicyclic) bond motifs is 1. The fourth-order valence-corrected chi connectivity index (χ4v) is 4.44. The number of benzene rings is 1.